The van der Waals surface area contributed by atoms with Crippen LogP contribution in [0.25, 0.3) is 11.3 Å². The summed E-state index contributed by atoms with van der Waals surface area (Å²) in [7, 11) is 0. The number of aromatic nitrogens is 2. The maximum atomic E-state index is 14.1. The van der Waals surface area contributed by atoms with Crippen molar-refractivity contribution in [2.75, 3.05) is 11.9 Å². The molecule has 18 heavy (non-hydrogen) atoms. The van der Waals surface area contributed by atoms with Crippen LogP contribution in [0.15, 0.2) is 24.5 Å². The molecule has 3 nitrogen and oxygen atoms in total. The molecule has 1 aromatic heterocycles. The molecule has 1 N–H and O–H groups in total. The van der Waals surface area contributed by atoms with Gasteiger partial charge in [0.15, 0.2) is 5.82 Å². The number of benzene rings is 1. The summed E-state index contributed by atoms with van der Waals surface area (Å²) < 4.78 is 14.1. The lowest BCUT2D eigenvalue weighted by Gasteiger charge is -2.12. The van der Waals surface area contributed by atoms with Gasteiger partial charge < -0.3 is 5.32 Å². The summed E-state index contributed by atoms with van der Waals surface area (Å²) in [5, 5.41) is 3.10. The van der Waals surface area contributed by atoms with E-state index < -0.39 is 0 Å². The lowest BCUT2D eigenvalue weighted by Crippen LogP contribution is -2.04. The van der Waals surface area contributed by atoms with Gasteiger partial charge in [-0.1, -0.05) is 6.07 Å². The molecule has 2 aromatic rings. The first-order valence-electron chi connectivity index (χ1n) is 5.95. The minimum absolute atomic E-state index is 0.257. The van der Waals surface area contributed by atoms with Gasteiger partial charge in [-0.3, -0.25) is 4.98 Å². The Morgan fingerprint density at radius 2 is 1.89 bits per heavy atom. The van der Waals surface area contributed by atoms with Crippen LogP contribution in [0.3, 0.4) is 0 Å². The lowest BCUT2D eigenvalue weighted by atomic mass is 10.0. The van der Waals surface area contributed by atoms with Crippen LogP contribution < -0.4 is 5.32 Å². The van der Waals surface area contributed by atoms with E-state index in [1.165, 1.54) is 6.07 Å². The standard InChI is InChI=1S/C14H16FN3/c1-4-16-14-13(17-5-6-18-14)12-10(3)7-9(2)8-11(12)15/h5-8H,4H2,1-3H3,(H,16,18). The van der Waals surface area contributed by atoms with Crippen molar-refractivity contribution in [3.63, 3.8) is 0 Å². The number of hydrogen-bond acceptors (Lipinski definition) is 3. The minimum Gasteiger partial charge on any atom is -0.369 e. The number of hydrogen-bond donors (Lipinski definition) is 1. The monoisotopic (exact) mass is 245 g/mol. The van der Waals surface area contributed by atoms with Gasteiger partial charge in [0.1, 0.15) is 11.5 Å². The van der Waals surface area contributed by atoms with Crippen LogP contribution >= 0.6 is 0 Å². The van der Waals surface area contributed by atoms with E-state index in [1.807, 2.05) is 26.8 Å². The number of anilines is 1. The van der Waals surface area contributed by atoms with E-state index in [1.54, 1.807) is 12.4 Å². The molecule has 0 bridgehead atoms. The predicted octanol–water partition coefficient (Wildman–Crippen LogP) is 3.33. The number of nitrogens with zero attached hydrogens (tertiary/aromatic N) is 2. The Kier molecular flexibility index (Phi) is 3.55. The quantitative estimate of drug-likeness (QED) is 0.901. The summed E-state index contributed by atoms with van der Waals surface area (Å²) in [6.07, 6.45) is 3.18. The summed E-state index contributed by atoms with van der Waals surface area (Å²) in [4.78, 5) is 8.46. The van der Waals surface area contributed by atoms with E-state index in [2.05, 4.69) is 15.3 Å². The maximum absolute atomic E-state index is 14.1. The van der Waals surface area contributed by atoms with Crippen molar-refractivity contribution in [3.05, 3.63) is 41.5 Å². The molecule has 4 heteroatoms. The highest BCUT2D eigenvalue weighted by molar-refractivity contribution is 5.74. The van der Waals surface area contributed by atoms with Crippen LogP contribution in [-0.2, 0) is 0 Å². The Hall–Kier alpha value is -1.97. The third-order valence-corrected chi connectivity index (χ3v) is 2.71. The highest BCUT2D eigenvalue weighted by Gasteiger charge is 2.15. The average Bonchev–Trinajstić information content (AvgIpc) is 2.30. The summed E-state index contributed by atoms with van der Waals surface area (Å²) in [6.45, 7) is 6.45. The van der Waals surface area contributed by atoms with Gasteiger partial charge in [-0.2, -0.15) is 0 Å². The maximum Gasteiger partial charge on any atom is 0.152 e. The van der Waals surface area contributed by atoms with E-state index >= 15 is 0 Å². The van der Waals surface area contributed by atoms with Gasteiger partial charge in [0, 0.05) is 24.5 Å². The molecule has 0 fully saturated rings. The second-order valence-corrected chi connectivity index (χ2v) is 4.22. The van der Waals surface area contributed by atoms with Gasteiger partial charge in [-0.15, -0.1) is 0 Å². The smallest absolute Gasteiger partial charge is 0.152 e. The van der Waals surface area contributed by atoms with Gasteiger partial charge in [-0.25, -0.2) is 9.37 Å². The van der Waals surface area contributed by atoms with E-state index in [9.17, 15) is 4.39 Å². The molecule has 0 saturated heterocycles. The van der Waals surface area contributed by atoms with Crippen LogP contribution in [0.5, 0.6) is 0 Å². The van der Waals surface area contributed by atoms with Gasteiger partial charge in [0.2, 0.25) is 0 Å². The third kappa shape index (κ3) is 2.32. The number of rotatable bonds is 3. The fraction of sp³-hybridized carbons (Fsp3) is 0.286. The molecule has 2 rings (SSSR count). The highest BCUT2D eigenvalue weighted by atomic mass is 19.1. The van der Waals surface area contributed by atoms with E-state index in [-0.39, 0.29) is 5.82 Å². The SMILES string of the molecule is CCNc1nccnc1-c1c(C)cc(C)cc1F. The van der Waals surface area contributed by atoms with E-state index in [0.717, 1.165) is 17.7 Å². The zero-order valence-corrected chi connectivity index (χ0v) is 10.8. The Morgan fingerprint density at radius 3 is 2.56 bits per heavy atom. The minimum atomic E-state index is -0.257. The molecule has 0 amide bonds. The van der Waals surface area contributed by atoms with Gasteiger partial charge >= 0.3 is 0 Å². The van der Waals surface area contributed by atoms with Crippen molar-refractivity contribution in [1.82, 2.24) is 9.97 Å². The first-order valence-corrected chi connectivity index (χ1v) is 5.95. The number of nitrogens with one attached hydrogen (secondary N) is 1. The van der Waals surface area contributed by atoms with Crippen LogP contribution in [0.4, 0.5) is 10.2 Å². The Labute approximate surface area is 106 Å². The normalized spacial score (nSPS) is 10.4. The van der Waals surface area contributed by atoms with Crippen LogP contribution in [0, 0.1) is 19.7 Å². The second kappa shape index (κ2) is 5.12. The average molecular weight is 245 g/mol. The van der Waals surface area contributed by atoms with Crippen molar-refractivity contribution >= 4 is 5.82 Å². The molecule has 0 aliphatic heterocycles. The molecular weight excluding hydrogens is 229 g/mol. The van der Waals surface area contributed by atoms with Crippen molar-refractivity contribution in [1.29, 1.82) is 0 Å². The molecule has 0 aliphatic carbocycles. The topological polar surface area (TPSA) is 37.8 Å². The third-order valence-electron chi connectivity index (χ3n) is 2.71. The molecule has 0 radical (unpaired) electrons. The van der Waals surface area contributed by atoms with Gasteiger partial charge in [0.25, 0.3) is 0 Å². The first kappa shape index (κ1) is 12.5. The highest BCUT2D eigenvalue weighted by Crippen LogP contribution is 2.30. The first-order chi connectivity index (χ1) is 8.63. The zero-order valence-electron chi connectivity index (χ0n) is 10.8. The van der Waals surface area contributed by atoms with E-state index in [4.69, 9.17) is 0 Å². The summed E-state index contributed by atoms with van der Waals surface area (Å²) in [5.74, 6) is 0.359. The van der Waals surface area contributed by atoms with Crippen molar-refractivity contribution in [2.45, 2.75) is 20.8 Å². The molecular formula is C14H16FN3. The Bertz CT molecular complexity index is 544. The molecule has 0 saturated carbocycles. The number of aryl methyl sites for hydroxylation is 2. The fourth-order valence-corrected chi connectivity index (χ4v) is 2.03. The summed E-state index contributed by atoms with van der Waals surface area (Å²) in [5.41, 5.74) is 2.86. The molecule has 0 unspecified atom stereocenters. The van der Waals surface area contributed by atoms with Crippen molar-refractivity contribution in [3.8, 4) is 11.3 Å². The summed E-state index contributed by atoms with van der Waals surface area (Å²) >= 11 is 0. The zero-order chi connectivity index (χ0) is 13.1. The Morgan fingerprint density at radius 1 is 1.17 bits per heavy atom. The summed E-state index contributed by atoms with van der Waals surface area (Å²) in [6, 6.07) is 3.47. The van der Waals surface area contributed by atoms with Crippen molar-refractivity contribution < 1.29 is 4.39 Å². The molecule has 0 aliphatic rings. The van der Waals surface area contributed by atoms with Crippen LogP contribution in [0.2, 0.25) is 0 Å². The van der Waals surface area contributed by atoms with Crippen molar-refractivity contribution in [2.24, 2.45) is 0 Å². The molecule has 1 aromatic carbocycles. The number of halogens is 1. The van der Waals surface area contributed by atoms with Gasteiger partial charge in [-0.05, 0) is 38.0 Å². The van der Waals surface area contributed by atoms with Crippen LogP contribution in [-0.4, -0.2) is 16.5 Å². The Balaban J connectivity index is 2.62. The molecule has 0 spiro atoms. The predicted molar refractivity (Wildman–Crippen MR) is 71.1 cm³/mol. The lowest BCUT2D eigenvalue weighted by molar-refractivity contribution is 0.628. The molecule has 1 heterocycles. The van der Waals surface area contributed by atoms with E-state index in [0.29, 0.717) is 17.1 Å². The fourth-order valence-electron chi connectivity index (χ4n) is 2.03. The van der Waals surface area contributed by atoms with Gasteiger partial charge in [0.05, 0.1) is 0 Å². The molecule has 94 valence electrons. The second-order valence-electron chi connectivity index (χ2n) is 4.22. The van der Waals surface area contributed by atoms with Crippen LogP contribution in [0.1, 0.15) is 18.1 Å². The molecule has 0 atom stereocenters. The largest absolute Gasteiger partial charge is 0.369 e.